The quantitative estimate of drug-likeness (QED) is 0.155. The van der Waals surface area contributed by atoms with Crippen LogP contribution in [0.25, 0.3) is 33.5 Å². The van der Waals surface area contributed by atoms with Gasteiger partial charge < -0.3 is 10.2 Å². The fourth-order valence-electron chi connectivity index (χ4n) is 13.3. The lowest BCUT2D eigenvalue weighted by Crippen LogP contribution is -2.34. The number of imide groups is 1. The molecule has 1 aliphatic heterocycles. The molecule has 0 aromatic heterocycles. The summed E-state index contributed by atoms with van der Waals surface area (Å²) in [5.74, 6) is -0.296. The molecule has 11 rings (SSSR count). The van der Waals surface area contributed by atoms with Crippen molar-refractivity contribution in [1.29, 1.82) is 0 Å². The van der Waals surface area contributed by atoms with Gasteiger partial charge in [0.15, 0.2) is 0 Å². The molecule has 4 aliphatic carbocycles. The van der Waals surface area contributed by atoms with Crippen LogP contribution in [0.3, 0.4) is 0 Å². The Hall–Kier alpha value is -6.72. The Labute approximate surface area is 428 Å². The van der Waals surface area contributed by atoms with Crippen molar-refractivity contribution in [2.24, 2.45) is 0 Å². The van der Waals surface area contributed by atoms with E-state index < -0.39 is 0 Å². The van der Waals surface area contributed by atoms with Crippen LogP contribution in [0, 0.1) is 20.8 Å². The van der Waals surface area contributed by atoms with Gasteiger partial charge in [-0.2, -0.15) is 0 Å². The number of carbonyl (C=O) groups is 2. The molecule has 72 heavy (non-hydrogen) atoms. The van der Waals surface area contributed by atoms with E-state index in [1.165, 1.54) is 99.5 Å². The van der Waals surface area contributed by atoms with Crippen LogP contribution in [0.2, 0.25) is 0 Å². The van der Waals surface area contributed by atoms with Crippen LogP contribution < -0.4 is 15.1 Å². The van der Waals surface area contributed by atoms with E-state index >= 15 is 0 Å². The Morgan fingerprint density at radius 3 is 1.93 bits per heavy atom. The number of hydrogen-bond acceptors (Lipinski definition) is 4. The topological polar surface area (TPSA) is 52.7 Å². The molecular formula is C67H71N3O2. The van der Waals surface area contributed by atoms with Crippen molar-refractivity contribution in [3.63, 3.8) is 0 Å². The van der Waals surface area contributed by atoms with E-state index in [4.69, 9.17) is 0 Å². The summed E-state index contributed by atoms with van der Waals surface area (Å²) in [6.45, 7) is 30.6. The van der Waals surface area contributed by atoms with Crippen LogP contribution >= 0.6 is 0 Å². The summed E-state index contributed by atoms with van der Waals surface area (Å²) in [7, 11) is 0. The van der Waals surface area contributed by atoms with E-state index in [1.54, 1.807) is 0 Å². The van der Waals surface area contributed by atoms with Crippen molar-refractivity contribution in [1.82, 2.24) is 0 Å². The van der Waals surface area contributed by atoms with E-state index in [1.807, 2.05) is 12.1 Å². The minimum Gasteiger partial charge on any atom is -0.355 e. The van der Waals surface area contributed by atoms with Gasteiger partial charge in [-0.1, -0.05) is 127 Å². The van der Waals surface area contributed by atoms with Gasteiger partial charge in [-0.15, -0.1) is 0 Å². The van der Waals surface area contributed by atoms with Gasteiger partial charge in [0.2, 0.25) is 11.8 Å². The molecule has 2 amide bonds. The van der Waals surface area contributed by atoms with E-state index in [2.05, 4.69) is 203 Å². The van der Waals surface area contributed by atoms with Gasteiger partial charge in [-0.25, -0.2) is 0 Å². The second-order valence-corrected chi connectivity index (χ2v) is 24.2. The van der Waals surface area contributed by atoms with Crippen molar-refractivity contribution < 1.29 is 9.59 Å². The maximum Gasteiger partial charge on any atom is 0.234 e. The zero-order valence-corrected chi connectivity index (χ0v) is 44.9. The Morgan fingerprint density at radius 2 is 1.26 bits per heavy atom. The number of amides is 2. The second-order valence-electron chi connectivity index (χ2n) is 24.2. The lowest BCUT2D eigenvalue weighted by molar-refractivity contribution is -0.121. The number of carbonyl (C=O) groups excluding carboxylic acids is 2. The third kappa shape index (κ3) is 7.31. The highest BCUT2D eigenvalue weighted by Gasteiger charge is 2.44. The number of nitrogens with zero attached hydrogens (tertiary/aromatic N) is 2. The molecule has 1 fully saturated rings. The molecule has 5 nitrogen and oxygen atoms in total. The first-order chi connectivity index (χ1) is 34.1. The van der Waals surface area contributed by atoms with E-state index in [0.717, 1.165) is 54.1 Å². The van der Waals surface area contributed by atoms with Crippen LogP contribution in [0.5, 0.6) is 0 Å². The summed E-state index contributed by atoms with van der Waals surface area (Å²) in [5.41, 5.74) is 27.5. The van der Waals surface area contributed by atoms with E-state index in [-0.39, 0.29) is 46.3 Å². The van der Waals surface area contributed by atoms with E-state index in [9.17, 15) is 9.59 Å². The molecule has 0 atom stereocenters. The maximum absolute atomic E-state index is 13.2. The second kappa shape index (κ2) is 16.7. The average Bonchev–Trinajstić information content (AvgIpc) is 3.88. The van der Waals surface area contributed by atoms with Gasteiger partial charge in [-0.3, -0.25) is 14.5 Å². The van der Waals surface area contributed by atoms with Gasteiger partial charge >= 0.3 is 0 Å². The summed E-state index contributed by atoms with van der Waals surface area (Å²) in [5, 5.41) is 3.99. The largest absolute Gasteiger partial charge is 0.355 e. The molecule has 0 unspecified atom stereocenters. The summed E-state index contributed by atoms with van der Waals surface area (Å²) in [4.78, 5) is 30.3. The number of hydrogen-bond donors (Lipinski definition) is 1. The van der Waals surface area contributed by atoms with Crippen molar-refractivity contribution >= 4 is 51.5 Å². The third-order valence-corrected chi connectivity index (χ3v) is 17.5. The van der Waals surface area contributed by atoms with E-state index in [0.29, 0.717) is 5.69 Å². The van der Waals surface area contributed by atoms with Crippen LogP contribution in [-0.2, 0) is 31.2 Å². The normalized spacial score (nSPS) is 18.4. The summed E-state index contributed by atoms with van der Waals surface area (Å²) in [6, 6.07) is 38.5. The number of aryl methyl sites for hydroxylation is 2. The molecule has 1 N–H and O–H groups in total. The smallest absolute Gasteiger partial charge is 0.234 e. The number of rotatable bonds is 8. The molecular weight excluding hydrogens is 879 g/mol. The minimum absolute atomic E-state index is 0.00583. The molecule has 0 saturated carbocycles. The van der Waals surface area contributed by atoms with Crippen molar-refractivity contribution in [3.8, 4) is 22.3 Å². The fourth-order valence-corrected chi connectivity index (χ4v) is 13.3. The van der Waals surface area contributed by atoms with Gasteiger partial charge in [0.05, 0.1) is 17.1 Å². The lowest BCUT2D eigenvalue weighted by atomic mass is 9.62. The highest BCUT2D eigenvalue weighted by molar-refractivity contribution is 6.20. The molecule has 5 heteroatoms. The Morgan fingerprint density at radius 1 is 0.611 bits per heavy atom. The van der Waals surface area contributed by atoms with Gasteiger partial charge in [0.25, 0.3) is 0 Å². The first kappa shape index (κ1) is 47.6. The summed E-state index contributed by atoms with van der Waals surface area (Å²) in [6.07, 6.45) is 9.57. The monoisotopic (exact) mass is 950 g/mol. The molecule has 6 aromatic carbocycles. The highest BCUT2D eigenvalue weighted by atomic mass is 16.2. The predicted octanol–water partition coefficient (Wildman–Crippen LogP) is 17.3. The molecule has 5 aliphatic rings. The predicted molar refractivity (Wildman–Crippen MR) is 302 cm³/mol. The van der Waals surface area contributed by atoms with Crippen LogP contribution in [-0.4, -0.2) is 11.8 Å². The molecule has 6 aromatic rings. The standard InChI is InChI=1S/C67H71N3O2/c1-39(2)62(48-36-57-56(34-41(48)4)64(6,7)32-33-65(57,8)9)70(45-28-26-44(27-29-45)69-59(71)30-31-60(69)72)63-42(5)49(35-52-47-19-15-17-21-54(47)67(12,13)61(52)63)51-37-55-50(46-18-14-16-20-53(46)66(55,10)11)38-58(51)68-43-24-22-40(3)23-25-43/h14-15,17-19,21-29,34-38,68H,16,20,30-33H2,1-13H3. The number of anilines is 5. The third-order valence-electron chi connectivity index (χ3n) is 17.5. The van der Waals surface area contributed by atoms with Gasteiger partial charge in [0.1, 0.15) is 0 Å². The highest BCUT2D eigenvalue weighted by Crippen LogP contribution is 2.60. The Bertz CT molecular complexity index is 3390. The molecule has 0 radical (unpaired) electrons. The van der Waals surface area contributed by atoms with Crippen molar-refractivity contribution in [2.45, 2.75) is 150 Å². The Kier molecular flexibility index (Phi) is 11.0. The van der Waals surface area contributed by atoms with Gasteiger partial charge in [-0.05, 0) is 199 Å². The molecule has 0 bridgehead atoms. The minimum atomic E-state index is -0.376. The van der Waals surface area contributed by atoms with Crippen LogP contribution in [0.4, 0.5) is 28.4 Å². The number of nitrogens with one attached hydrogen (secondary N) is 1. The van der Waals surface area contributed by atoms with Crippen molar-refractivity contribution in [2.75, 3.05) is 15.1 Å². The van der Waals surface area contributed by atoms with Crippen LogP contribution in [0.15, 0.2) is 126 Å². The first-order valence-electron chi connectivity index (χ1n) is 26.4. The Balaban J connectivity index is 1.24. The molecule has 1 saturated heterocycles. The fraction of sp³-hybridized carbons (Fsp3) is 0.343. The maximum atomic E-state index is 13.2. The van der Waals surface area contributed by atoms with Gasteiger partial charge in [0, 0.05) is 51.9 Å². The summed E-state index contributed by atoms with van der Waals surface area (Å²) < 4.78 is 0. The van der Waals surface area contributed by atoms with Crippen LogP contribution in [0.1, 0.15) is 163 Å². The average molecular weight is 950 g/mol. The first-order valence-corrected chi connectivity index (χ1v) is 26.4. The SMILES string of the molecule is CC(C)=C(c1cc2c(cc1C)C(C)(C)CCC2(C)C)N(c1ccc(N2C(=O)CCC2=O)cc1)c1c(C)c(-c2cc3c(cc2Nc2ccc(C)cc2)C2=C(CCC=C2)C3(C)C)cc2c1C(C)(C)c1ccccc1-2. The van der Waals surface area contributed by atoms with Crippen molar-refractivity contribution in [3.05, 3.63) is 182 Å². The zero-order valence-electron chi connectivity index (χ0n) is 44.9. The summed E-state index contributed by atoms with van der Waals surface area (Å²) >= 11 is 0. The molecule has 1 heterocycles. The molecule has 366 valence electrons. The zero-order chi connectivity index (χ0) is 51.0. The molecule has 0 spiro atoms. The number of fused-ring (bicyclic) bond motifs is 6. The lowest BCUT2D eigenvalue weighted by Gasteiger charge is -2.43. The number of allylic oxidation sites excluding steroid dienone is 5. The number of benzene rings is 6.